The van der Waals surface area contributed by atoms with Crippen LogP contribution in [0.1, 0.15) is 38.5 Å². The van der Waals surface area contributed by atoms with Gasteiger partial charge in [-0.05, 0) is 12.8 Å². The zero-order valence-electron chi connectivity index (χ0n) is 11.5. The molecule has 2 rings (SSSR count). The Morgan fingerprint density at radius 1 is 1.30 bits per heavy atom. The predicted molar refractivity (Wildman–Crippen MR) is 74.4 cm³/mol. The molecule has 1 amide bonds. The van der Waals surface area contributed by atoms with Crippen LogP contribution in [0.4, 0.5) is 8.78 Å². The topological polar surface area (TPSA) is 50.4 Å². The zero-order chi connectivity index (χ0) is 13.7. The van der Waals surface area contributed by atoms with Gasteiger partial charge in [0.25, 0.3) is 5.92 Å². The molecule has 4 nitrogen and oxygen atoms in total. The van der Waals surface area contributed by atoms with Gasteiger partial charge in [0.2, 0.25) is 5.91 Å². The molecule has 0 aromatic carbocycles. The number of ether oxygens (including phenoxy) is 1. The van der Waals surface area contributed by atoms with Crippen molar-refractivity contribution >= 4 is 18.3 Å². The first-order valence-corrected chi connectivity index (χ1v) is 7.07. The van der Waals surface area contributed by atoms with E-state index >= 15 is 0 Å². The number of nitrogens with one attached hydrogen (secondary N) is 2. The van der Waals surface area contributed by atoms with Crippen LogP contribution in [-0.2, 0) is 9.53 Å². The molecular formula is C13H23ClF2N2O2. The van der Waals surface area contributed by atoms with Gasteiger partial charge in [-0.25, -0.2) is 8.78 Å². The van der Waals surface area contributed by atoms with Crippen molar-refractivity contribution in [2.75, 3.05) is 19.7 Å². The Hall–Kier alpha value is -0.460. The highest BCUT2D eigenvalue weighted by atomic mass is 35.5. The van der Waals surface area contributed by atoms with E-state index in [1.807, 2.05) is 0 Å². The lowest BCUT2D eigenvalue weighted by molar-refractivity contribution is -0.123. The summed E-state index contributed by atoms with van der Waals surface area (Å²) in [5.74, 6) is -3.12. The number of carbonyl (C=O) groups is 1. The van der Waals surface area contributed by atoms with E-state index in [0.717, 1.165) is 12.8 Å². The van der Waals surface area contributed by atoms with Gasteiger partial charge in [0.05, 0.1) is 25.3 Å². The molecule has 1 aliphatic heterocycles. The third kappa shape index (κ3) is 5.50. The Balaban J connectivity index is 0.00000200. The summed E-state index contributed by atoms with van der Waals surface area (Å²) in [5.41, 5.74) is 0. The lowest BCUT2D eigenvalue weighted by Crippen LogP contribution is -2.41. The minimum Gasteiger partial charge on any atom is -0.376 e. The highest BCUT2D eigenvalue weighted by Gasteiger charge is 2.42. The summed E-state index contributed by atoms with van der Waals surface area (Å²) in [6.07, 6.45) is 5.75. The van der Waals surface area contributed by atoms with E-state index in [9.17, 15) is 13.6 Å². The first kappa shape index (κ1) is 17.6. The van der Waals surface area contributed by atoms with Crippen molar-refractivity contribution in [2.24, 2.45) is 0 Å². The lowest BCUT2D eigenvalue weighted by atomic mass is 9.98. The predicted octanol–water partition coefficient (Wildman–Crippen LogP) is 1.87. The van der Waals surface area contributed by atoms with Gasteiger partial charge in [-0.3, -0.25) is 10.1 Å². The molecule has 0 spiro atoms. The smallest absolute Gasteiger partial charge is 0.262 e. The highest BCUT2D eigenvalue weighted by molar-refractivity contribution is 5.85. The maximum atomic E-state index is 12.9. The number of hydrogen-bond acceptors (Lipinski definition) is 3. The van der Waals surface area contributed by atoms with E-state index in [-0.39, 0.29) is 18.3 Å². The summed E-state index contributed by atoms with van der Waals surface area (Å²) < 4.78 is 31.5. The molecule has 2 N–H and O–H groups in total. The van der Waals surface area contributed by atoms with Crippen molar-refractivity contribution in [3.63, 3.8) is 0 Å². The van der Waals surface area contributed by atoms with Crippen LogP contribution in [0.5, 0.6) is 0 Å². The van der Waals surface area contributed by atoms with E-state index < -0.39 is 24.9 Å². The minimum atomic E-state index is -2.76. The van der Waals surface area contributed by atoms with Crippen molar-refractivity contribution in [3.8, 4) is 0 Å². The number of carbonyl (C=O) groups excluding carboxylic acids is 1. The monoisotopic (exact) mass is 312 g/mol. The van der Waals surface area contributed by atoms with Crippen LogP contribution in [0.15, 0.2) is 0 Å². The van der Waals surface area contributed by atoms with E-state index in [4.69, 9.17) is 4.74 Å². The average molecular weight is 313 g/mol. The SMILES string of the molecule is Cl.O=C(NCCOC1CCCCC1)C1CC(F)(F)CN1. The Labute approximate surface area is 124 Å². The quantitative estimate of drug-likeness (QED) is 0.762. The lowest BCUT2D eigenvalue weighted by Gasteiger charge is -2.22. The van der Waals surface area contributed by atoms with Crippen LogP contribution >= 0.6 is 12.4 Å². The first-order valence-electron chi connectivity index (χ1n) is 7.07. The largest absolute Gasteiger partial charge is 0.376 e. The molecule has 7 heteroatoms. The third-order valence-electron chi connectivity index (χ3n) is 3.73. The van der Waals surface area contributed by atoms with E-state index in [0.29, 0.717) is 19.3 Å². The zero-order valence-corrected chi connectivity index (χ0v) is 12.3. The summed E-state index contributed by atoms with van der Waals surface area (Å²) in [7, 11) is 0. The van der Waals surface area contributed by atoms with Crippen LogP contribution in [0.2, 0.25) is 0 Å². The van der Waals surface area contributed by atoms with Gasteiger partial charge in [0.15, 0.2) is 0 Å². The van der Waals surface area contributed by atoms with Crippen molar-refractivity contribution in [1.82, 2.24) is 10.6 Å². The molecule has 1 saturated heterocycles. The van der Waals surface area contributed by atoms with Crippen molar-refractivity contribution < 1.29 is 18.3 Å². The van der Waals surface area contributed by atoms with Crippen LogP contribution in [0.3, 0.4) is 0 Å². The first-order chi connectivity index (χ1) is 9.07. The maximum absolute atomic E-state index is 12.9. The van der Waals surface area contributed by atoms with E-state index in [1.54, 1.807) is 0 Å². The fraction of sp³-hybridized carbons (Fsp3) is 0.923. The van der Waals surface area contributed by atoms with Crippen molar-refractivity contribution in [3.05, 3.63) is 0 Å². The Bertz CT molecular complexity index is 313. The fourth-order valence-corrected chi connectivity index (χ4v) is 2.66. The Morgan fingerprint density at radius 3 is 2.60 bits per heavy atom. The molecular weight excluding hydrogens is 290 g/mol. The van der Waals surface area contributed by atoms with Gasteiger partial charge in [0, 0.05) is 13.0 Å². The fourth-order valence-electron chi connectivity index (χ4n) is 2.66. The second kappa shape index (κ2) is 8.10. The average Bonchev–Trinajstić information content (AvgIpc) is 2.76. The van der Waals surface area contributed by atoms with E-state index in [1.165, 1.54) is 19.3 Å². The van der Waals surface area contributed by atoms with Crippen molar-refractivity contribution in [1.29, 1.82) is 0 Å². The summed E-state index contributed by atoms with van der Waals surface area (Å²) in [4.78, 5) is 11.6. The molecule has 0 bridgehead atoms. The Kier molecular flexibility index (Phi) is 7.12. The molecule has 0 aromatic rings. The summed E-state index contributed by atoms with van der Waals surface area (Å²) >= 11 is 0. The molecule has 0 aromatic heterocycles. The van der Waals surface area contributed by atoms with Crippen LogP contribution < -0.4 is 10.6 Å². The van der Waals surface area contributed by atoms with E-state index in [2.05, 4.69) is 10.6 Å². The number of halogens is 3. The molecule has 118 valence electrons. The molecule has 2 aliphatic rings. The van der Waals surface area contributed by atoms with Crippen LogP contribution in [0, 0.1) is 0 Å². The molecule has 1 saturated carbocycles. The molecule has 1 heterocycles. The summed E-state index contributed by atoms with van der Waals surface area (Å²) in [6, 6.07) is -0.773. The summed E-state index contributed by atoms with van der Waals surface area (Å²) in [6.45, 7) is 0.433. The van der Waals surface area contributed by atoms with Crippen LogP contribution in [0.25, 0.3) is 0 Å². The molecule has 1 unspecified atom stereocenters. The molecule has 2 fully saturated rings. The van der Waals surface area contributed by atoms with Gasteiger partial charge >= 0.3 is 0 Å². The summed E-state index contributed by atoms with van der Waals surface area (Å²) in [5, 5.41) is 5.18. The van der Waals surface area contributed by atoms with Gasteiger partial charge in [-0.15, -0.1) is 12.4 Å². The second-order valence-corrected chi connectivity index (χ2v) is 5.42. The normalized spacial score (nSPS) is 26.0. The van der Waals surface area contributed by atoms with Gasteiger partial charge in [0.1, 0.15) is 0 Å². The standard InChI is InChI=1S/C13H22F2N2O2.ClH/c14-13(15)8-11(17-9-13)12(18)16-6-7-19-10-4-2-1-3-5-10;/h10-11,17H,1-9H2,(H,16,18);1H. The molecule has 20 heavy (non-hydrogen) atoms. The maximum Gasteiger partial charge on any atom is 0.262 e. The van der Waals surface area contributed by atoms with Gasteiger partial charge in [-0.1, -0.05) is 19.3 Å². The Morgan fingerprint density at radius 2 is 2.00 bits per heavy atom. The highest BCUT2D eigenvalue weighted by Crippen LogP contribution is 2.25. The van der Waals surface area contributed by atoms with Crippen LogP contribution in [-0.4, -0.2) is 43.7 Å². The van der Waals surface area contributed by atoms with Crippen molar-refractivity contribution in [2.45, 2.75) is 56.6 Å². The molecule has 0 radical (unpaired) electrons. The third-order valence-corrected chi connectivity index (χ3v) is 3.73. The minimum absolute atomic E-state index is 0. The van der Waals surface area contributed by atoms with Gasteiger partial charge < -0.3 is 10.1 Å². The number of alkyl halides is 2. The number of rotatable bonds is 5. The van der Waals surface area contributed by atoms with Gasteiger partial charge in [-0.2, -0.15) is 0 Å². The molecule has 1 aliphatic carbocycles. The number of hydrogen-bond donors (Lipinski definition) is 2. The second-order valence-electron chi connectivity index (χ2n) is 5.42. The number of amides is 1. The molecule has 1 atom stereocenters.